The average Bonchev–Trinajstić information content (AvgIpc) is 2.89. The van der Waals surface area contributed by atoms with Crippen LogP contribution in [0.3, 0.4) is 0 Å². The number of carbonyl (C=O) groups is 1. The summed E-state index contributed by atoms with van der Waals surface area (Å²) in [5, 5.41) is -0.156. The summed E-state index contributed by atoms with van der Waals surface area (Å²) in [5.41, 5.74) is 2.10. The molecule has 0 aromatic carbocycles. The van der Waals surface area contributed by atoms with Crippen LogP contribution in [-0.2, 0) is 14.8 Å². The quantitative estimate of drug-likeness (QED) is 0.647. The Morgan fingerprint density at radius 3 is 2.60 bits per heavy atom. The lowest BCUT2D eigenvalue weighted by Crippen LogP contribution is -2.44. The first-order chi connectivity index (χ1) is 9.40. The Balaban J connectivity index is 2.05. The molecule has 0 atom stereocenters. The van der Waals surface area contributed by atoms with Gasteiger partial charge in [-0.3, -0.25) is 10.2 Å². The highest BCUT2D eigenvalue weighted by Gasteiger charge is 2.25. The Morgan fingerprint density at radius 2 is 2.00 bits per heavy atom. The molecule has 1 aliphatic carbocycles. The summed E-state index contributed by atoms with van der Waals surface area (Å²) in [6.07, 6.45) is 3.34. The molecule has 2 rings (SSSR count). The number of nitrogens with zero attached hydrogens (tertiary/aromatic N) is 1. The van der Waals surface area contributed by atoms with Crippen LogP contribution >= 0.6 is 11.6 Å². The highest BCUT2D eigenvalue weighted by molar-refractivity contribution is 7.89. The van der Waals surface area contributed by atoms with Gasteiger partial charge in [0, 0.05) is 5.92 Å². The molecule has 6 nitrogen and oxygen atoms in total. The Morgan fingerprint density at radius 1 is 1.35 bits per heavy atom. The van der Waals surface area contributed by atoms with E-state index in [1.165, 1.54) is 0 Å². The van der Waals surface area contributed by atoms with Gasteiger partial charge in [0.1, 0.15) is 10.0 Å². The van der Waals surface area contributed by atoms with Crippen LogP contribution in [-0.4, -0.2) is 19.3 Å². The average molecular weight is 322 g/mol. The molecule has 1 aromatic rings. The molecule has 0 radical (unpaired) electrons. The molecule has 0 saturated heterocycles. The van der Waals surface area contributed by atoms with Crippen LogP contribution in [0.25, 0.3) is 0 Å². The second kappa shape index (κ2) is 6.02. The van der Waals surface area contributed by atoms with Crippen molar-refractivity contribution in [2.45, 2.75) is 30.6 Å². The van der Waals surface area contributed by atoms with E-state index in [0.717, 1.165) is 37.8 Å². The highest BCUT2D eigenvalue weighted by atomic mass is 35.5. The number of carbonyl (C=O) groups excluding carboxylic acids is 1. The first-order valence-corrected chi connectivity index (χ1v) is 7.90. The number of halogens is 2. The van der Waals surface area contributed by atoms with Gasteiger partial charge in [-0.05, 0) is 25.0 Å². The molecule has 9 heteroatoms. The molecule has 20 heavy (non-hydrogen) atoms. The van der Waals surface area contributed by atoms with Gasteiger partial charge in [0.25, 0.3) is 10.0 Å². The molecule has 1 aliphatic rings. The van der Waals surface area contributed by atoms with E-state index in [4.69, 9.17) is 11.6 Å². The number of pyridine rings is 1. The fourth-order valence-corrected chi connectivity index (χ4v) is 3.06. The minimum Gasteiger partial charge on any atom is -0.277 e. The van der Waals surface area contributed by atoms with Crippen molar-refractivity contribution in [2.24, 2.45) is 5.92 Å². The van der Waals surface area contributed by atoms with Gasteiger partial charge in [0.2, 0.25) is 11.9 Å². The number of sulfonamides is 1. The van der Waals surface area contributed by atoms with Gasteiger partial charge in [0.05, 0.1) is 0 Å². The molecule has 1 fully saturated rings. The Hall–Kier alpha value is -1.25. The molecule has 110 valence electrons. The largest absolute Gasteiger partial charge is 0.277 e. The number of hydrazine groups is 1. The third-order valence-corrected chi connectivity index (χ3v) is 4.57. The molecular formula is C11H13ClFN3O3S. The van der Waals surface area contributed by atoms with Gasteiger partial charge >= 0.3 is 0 Å². The molecule has 0 unspecified atom stereocenters. The Kier molecular flexibility index (Phi) is 4.56. The normalized spacial score (nSPS) is 16.3. The maximum Gasteiger partial charge on any atom is 0.261 e. The van der Waals surface area contributed by atoms with Crippen molar-refractivity contribution in [1.82, 2.24) is 15.2 Å². The van der Waals surface area contributed by atoms with Crippen LogP contribution in [0.4, 0.5) is 4.39 Å². The van der Waals surface area contributed by atoms with Gasteiger partial charge in [-0.2, -0.15) is 4.39 Å². The van der Waals surface area contributed by atoms with Crippen LogP contribution in [0.15, 0.2) is 17.0 Å². The molecule has 1 amide bonds. The molecule has 2 N–H and O–H groups in total. The molecule has 0 aliphatic heterocycles. The van der Waals surface area contributed by atoms with Gasteiger partial charge in [-0.25, -0.2) is 13.4 Å². The van der Waals surface area contributed by atoms with E-state index in [9.17, 15) is 17.6 Å². The van der Waals surface area contributed by atoms with E-state index in [0.29, 0.717) is 0 Å². The lowest BCUT2D eigenvalue weighted by molar-refractivity contribution is -0.125. The lowest BCUT2D eigenvalue weighted by atomic mass is 10.1. The van der Waals surface area contributed by atoms with Crippen LogP contribution < -0.4 is 10.3 Å². The maximum atomic E-state index is 13.4. The van der Waals surface area contributed by atoms with Crippen molar-refractivity contribution in [3.05, 3.63) is 23.2 Å². The summed E-state index contributed by atoms with van der Waals surface area (Å²) in [6, 6.07) is 2.13. The van der Waals surface area contributed by atoms with Gasteiger partial charge in [0.15, 0.2) is 0 Å². The smallest absolute Gasteiger partial charge is 0.261 e. The zero-order valence-electron chi connectivity index (χ0n) is 10.4. The standard InChI is InChI=1S/C11H13ClFN3O3S/c12-9-6-5-8(10(13)14-9)20(18,19)16-15-11(17)7-3-1-2-4-7/h5-7,16H,1-4H2,(H,15,17). The van der Waals surface area contributed by atoms with Crippen molar-refractivity contribution in [3.63, 3.8) is 0 Å². The second-order valence-corrected chi connectivity index (χ2v) is 6.54. The number of hydrogen-bond acceptors (Lipinski definition) is 4. The number of amides is 1. The number of nitrogens with one attached hydrogen (secondary N) is 2. The molecular weight excluding hydrogens is 309 g/mol. The van der Waals surface area contributed by atoms with E-state index in [1.54, 1.807) is 0 Å². The van der Waals surface area contributed by atoms with Crippen molar-refractivity contribution in [2.75, 3.05) is 0 Å². The van der Waals surface area contributed by atoms with Crippen LogP contribution in [0.5, 0.6) is 0 Å². The highest BCUT2D eigenvalue weighted by Crippen LogP contribution is 2.24. The van der Waals surface area contributed by atoms with E-state index in [-0.39, 0.29) is 11.1 Å². The van der Waals surface area contributed by atoms with Gasteiger partial charge in [-0.15, -0.1) is 4.83 Å². The monoisotopic (exact) mass is 321 g/mol. The van der Waals surface area contributed by atoms with E-state index < -0.39 is 26.8 Å². The van der Waals surface area contributed by atoms with E-state index >= 15 is 0 Å². The fourth-order valence-electron chi connectivity index (χ4n) is 2.06. The molecule has 1 aromatic heterocycles. The predicted molar refractivity (Wildman–Crippen MR) is 69.6 cm³/mol. The lowest BCUT2D eigenvalue weighted by Gasteiger charge is -2.12. The maximum absolute atomic E-state index is 13.4. The molecule has 1 saturated carbocycles. The van der Waals surface area contributed by atoms with Gasteiger partial charge in [-0.1, -0.05) is 24.4 Å². The molecule has 0 spiro atoms. The number of rotatable bonds is 4. The fraction of sp³-hybridized carbons (Fsp3) is 0.455. The van der Waals surface area contributed by atoms with Crippen molar-refractivity contribution in [3.8, 4) is 0 Å². The van der Waals surface area contributed by atoms with Crippen molar-refractivity contribution < 1.29 is 17.6 Å². The first-order valence-electron chi connectivity index (χ1n) is 6.04. The Bertz CT molecular complexity index is 617. The first kappa shape index (κ1) is 15.1. The van der Waals surface area contributed by atoms with Crippen LogP contribution in [0, 0.1) is 11.9 Å². The van der Waals surface area contributed by atoms with Crippen LogP contribution in [0.2, 0.25) is 5.15 Å². The topological polar surface area (TPSA) is 88.2 Å². The summed E-state index contributed by atoms with van der Waals surface area (Å²) >= 11 is 5.44. The predicted octanol–water partition coefficient (Wildman–Crippen LogP) is 1.37. The summed E-state index contributed by atoms with van der Waals surface area (Å²) < 4.78 is 37.1. The van der Waals surface area contributed by atoms with Crippen molar-refractivity contribution >= 4 is 27.5 Å². The summed E-state index contributed by atoms with van der Waals surface area (Å²) in [4.78, 5) is 16.1. The third-order valence-electron chi connectivity index (χ3n) is 3.10. The molecule has 0 bridgehead atoms. The summed E-state index contributed by atoms with van der Waals surface area (Å²) in [5.74, 6) is -1.83. The summed E-state index contributed by atoms with van der Waals surface area (Å²) in [6.45, 7) is 0. The Labute approximate surface area is 120 Å². The van der Waals surface area contributed by atoms with Crippen molar-refractivity contribution in [1.29, 1.82) is 0 Å². The zero-order chi connectivity index (χ0) is 14.8. The second-order valence-electron chi connectivity index (χ2n) is 4.50. The zero-order valence-corrected chi connectivity index (χ0v) is 12.0. The van der Waals surface area contributed by atoms with E-state index in [2.05, 4.69) is 10.4 Å². The SMILES string of the molecule is O=C(NNS(=O)(=O)c1ccc(Cl)nc1F)C1CCCC1. The number of aromatic nitrogens is 1. The number of hydrogen-bond donors (Lipinski definition) is 2. The van der Waals surface area contributed by atoms with Crippen LogP contribution in [0.1, 0.15) is 25.7 Å². The van der Waals surface area contributed by atoms with E-state index in [1.807, 2.05) is 4.83 Å². The molecule has 1 heterocycles. The third kappa shape index (κ3) is 3.44. The summed E-state index contributed by atoms with van der Waals surface area (Å²) in [7, 11) is -4.21. The minimum absolute atomic E-state index is 0.156. The van der Waals surface area contributed by atoms with Gasteiger partial charge < -0.3 is 0 Å². The minimum atomic E-state index is -4.21.